The number of carbonyl (C=O) groups excluding carboxylic acids is 1. The molecule has 0 aromatic carbocycles. The summed E-state index contributed by atoms with van der Waals surface area (Å²) in [7, 11) is 0. The van der Waals surface area contributed by atoms with Crippen molar-refractivity contribution < 1.29 is 24.2 Å². The molecular weight excluding hydrogens is 262 g/mol. The van der Waals surface area contributed by atoms with Crippen LogP contribution in [0.4, 0.5) is 0 Å². The molecule has 0 bridgehead atoms. The van der Waals surface area contributed by atoms with E-state index in [0.29, 0.717) is 13.2 Å². The van der Waals surface area contributed by atoms with Crippen molar-refractivity contribution in [2.45, 2.75) is 51.7 Å². The van der Waals surface area contributed by atoms with Crippen molar-refractivity contribution >= 4 is 11.9 Å². The van der Waals surface area contributed by atoms with E-state index in [1.54, 1.807) is 6.92 Å². The number of ether oxygens (including phenoxy) is 2. The van der Waals surface area contributed by atoms with Crippen molar-refractivity contribution in [3.8, 4) is 0 Å². The largest absolute Gasteiger partial charge is 0.481 e. The van der Waals surface area contributed by atoms with Crippen LogP contribution in [0.5, 0.6) is 0 Å². The van der Waals surface area contributed by atoms with Gasteiger partial charge in [-0.05, 0) is 33.1 Å². The van der Waals surface area contributed by atoms with Crippen LogP contribution in [0.15, 0.2) is 0 Å². The smallest absolute Gasteiger partial charge is 0.305 e. The number of carboxylic acids is 1. The van der Waals surface area contributed by atoms with Gasteiger partial charge in [0.2, 0.25) is 0 Å². The molecule has 0 saturated carbocycles. The third kappa shape index (κ3) is 5.88. The van der Waals surface area contributed by atoms with Gasteiger partial charge in [-0.25, -0.2) is 0 Å². The lowest BCUT2D eigenvalue weighted by Crippen LogP contribution is -2.41. The minimum atomic E-state index is -0.902. The molecule has 1 aliphatic heterocycles. The summed E-state index contributed by atoms with van der Waals surface area (Å²) in [5.41, 5.74) is 0. The van der Waals surface area contributed by atoms with Crippen LogP contribution in [0.3, 0.4) is 0 Å². The number of carbonyl (C=O) groups is 2. The van der Waals surface area contributed by atoms with Gasteiger partial charge in [0.1, 0.15) is 6.10 Å². The third-order valence-electron chi connectivity index (χ3n) is 3.44. The first-order valence-electron chi connectivity index (χ1n) is 7.28. The lowest BCUT2D eigenvalue weighted by atomic mass is 10.1. The van der Waals surface area contributed by atoms with Crippen LogP contribution in [0, 0.1) is 0 Å². The molecule has 0 radical (unpaired) electrons. The zero-order valence-corrected chi connectivity index (χ0v) is 12.3. The topological polar surface area (TPSA) is 76.1 Å². The predicted octanol–water partition coefficient (Wildman–Crippen LogP) is 1.28. The average molecular weight is 287 g/mol. The van der Waals surface area contributed by atoms with E-state index in [2.05, 4.69) is 0 Å². The SMILES string of the molecule is CCN(CCC(=O)O)C(=O)C(C)OCC1CCCCO1. The maximum absolute atomic E-state index is 12.1. The van der Waals surface area contributed by atoms with Crippen LogP contribution in [-0.4, -0.2) is 60.4 Å². The fourth-order valence-electron chi connectivity index (χ4n) is 2.17. The summed E-state index contributed by atoms with van der Waals surface area (Å²) in [4.78, 5) is 24.2. The van der Waals surface area contributed by atoms with E-state index >= 15 is 0 Å². The first-order valence-corrected chi connectivity index (χ1v) is 7.28. The van der Waals surface area contributed by atoms with E-state index in [9.17, 15) is 9.59 Å². The van der Waals surface area contributed by atoms with Gasteiger partial charge in [-0.3, -0.25) is 9.59 Å². The fourth-order valence-corrected chi connectivity index (χ4v) is 2.17. The van der Waals surface area contributed by atoms with Gasteiger partial charge in [-0.15, -0.1) is 0 Å². The molecule has 6 heteroatoms. The summed E-state index contributed by atoms with van der Waals surface area (Å²) in [6.45, 7) is 5.42. The van der Waals surface area contributed by atoms with Gasteiger partial charge >= 0.3 is 5.97 Å². The molecule has 1 heterocycles. The Bertz CT molecular complexity index is 315. The second-order valence-electron chi connectivity index (χ2n) is 5.03. The molecule has 2 atom stereocenters. The van der Waals surface area contributed by atoms with E-state index in [0.717, 1.165) is 25.9 Å². The van der Waals surface area contributed by atoms with Gasteiger partial charge in [0.15, 0.2) is 0 Å². The number of likely N-dealkylation sites (N-methyl/N-ethyl adjacent to an activating group) is 1. The maximum atomic E-state index is 12.1. The van der Waals surface area contributed by atoms with Gasteiger partial charge in [0.25, 0.3) is 5.91 Å². The van der Waals surface area contributed by atoms with Crippen molar-refractivity contribution in [3.63, 3.8) is 0 Å². The summed E-state index contributed by atoms with van der Waals surface area (Å²) in [6.07, 6.45) is 2.66. The van der Waals surface area contributed by atoms with E-state index in [1.165, 1.54) is 4.90 Å². The quantitative estimate of drug-likeness (QED) is 0.728. The molecule has 0 aromatic heterocycles. The molecule has 0 spiro atoms. The van der Waals surface area contributed by atoms with Gasteiger partial charge in [0.05, 0.1) is 19.1 Å². The molecule has 20 heavy (non-hydrogen) atoms. The van der Waals surface area contributed by atoms with Crippen LogP contribution < -0.4 is 0 Å². The molecule has 6 nitrogen and oxygen atoms in total. The third-order valence-corrected chi connectivity index (χ3v) is 3.44. The van der Waals surface area contributed by atoms with Crippen LogP contribution in [0.25, 0.3) is 0 Å². The highest BCUT2D eigenvalue weighted by Crippen LogP contribution is 2.13. The van der Waals surface area contributed by atoms with E-state index in [1.807, 2.05) is 6.92 Å². The van der Waals surface area contributed by atoms with Gasteiger partial charge in [-0.2, -0.15) is 0 Å². The zero-order chi connectivity index (χ0) is 15.0. The Morgan fingerprint density at radius 2 is 2.20 bits per heavy atom. The molecule has 1 saturated heterocycles. The second kappa shape index (κ2) is 8.92. The number of hydrogen-bond acceptors (Lipinski definition) is 4. The van der Waals surface area contributed by atoms with Crippen molar-refractivity contribution in [1.82, 2.24) is 4.90 Å². The van der Waals surface area contributed by atoms with E-state index < -0.39 is 12.1 Å². The minimum absolute atomic E-state index is 0.0436. The summed E-state index contributed by atoms with van der Waals surface area (Å²) < 4.78 is 11.1. The Morgan fingerprint density at radius 3 is 2.75 bits per heavy atom. The molecular formula is C14H25NO5. The van der Waals surface area contributed by atoms with Crippen molar-refractivity contribution in [2.24, 2.45) is 0 Å². The van der Waals surface area contributed by atoms with Crippen LogP contribution in [0.2, 0.25) is 0 Å². The molecule has 1 rings (SSSR count). The van der Waals surface area contributed by atoms with Crippen LogP contribution in [-0.2, 0) is 19.1 Å². The summed E-state index contributed by atoms with van der Waals surface area (Å²) in [5, 5.41) is 8.67. The lowest BCUT2D eigenvalue weighted by molar-refractivity contribution is -0.147. The molecule has 2 unspecified atom stereocenters. The summed E-state index contributed by atoms with van der Waals surface area (Å²) in [6, 6.07) is 0. The number of amides is 1. The second-order valence-corrected chi connectivity index (χ2v) is 5.03. The zero-order valence-electron chi connectivity index (χ0n) is 12.3. The lowest BCUT2D eigenvalue weighted by Gasteiger charge is -2.27. The number of nitrogens with zero attached hydrogens (tertiary/aromatic N) is 1. The highest BCUT2D eigenvalue weighted by Gasteiger charge is 2.22. The number of hydrogen-bond donors (Lipinski definition) is 1. The molecule has 116 valence electrons. The van der Waals surface area contributed by atoms with Crippen LogP contribution >= 0.6 is 0 Å². The standard InChI is InChI=1S/C14H25NO5/c1-3-15(8-7-13(16)17)14(18)11(2)20-10-12-6-4-5-9-19-12/h11-12H,3-10H2,1-2H3,(H,16,17). The highest BCUT2D eigenvalue weighted by molar-refractivity contribution is 5.81. The molecule has 1 aliphatic rings. The van der Waals surface area contributed by atoms with Crippen molar-refractivity contribution in [3.05, 3.63) is 0 Å². The van der Waals surface area contributed by atoms with Crippen LogP contribution in [0.1, 0.15) is 39.5 Å². The van der Waals surface area contributed by atoms with E-state index in [-0.39, 0.29) is 25.0 Å². The fraction of sp³-hybridized carbons (Fsp3) is 0.857. The Labute approximate surface area is 120 Å². The molecule has 1 fully saturated rings. The molecule has 0 aliphatic carbocycles. The minimum Gasteiger partial charge on any atom is -0.481 e. The van der Waals surface area contributed by atoms with Gasteiger partial charge in [0, 0.05) is 19.7 Å². The van der Waals surface area contributed by atoms with Crippen molar-refractivity contribution in [2.75, 3.05) is 26.3 Å². The van der Waals surface area contributed by atoms with E-state index in [4.69, 9.17) is 14.6 Å². The first-order chi connectivity index (χ1) is 9.54. The maximum Gasteiger partial charge on any atom is 0.305 e. The van der Waals surface area contributed by atoms with Gasteiger partial charge < -0.3 is 19.5 Å². The Balaban J connectivity index is 2.33. The molecule has 1 N–H and O–H groups in total. The molecule has 0 aromatic rings. The average Bonchev–Trinajstić information content (AvgIpc) is 2.46. The number of carboxylic acid groups (broad SMARTS) is 1. The number of rotatable bonds is 8. The monoisotopic (exact) mass is 287 g/mol. The summed E-state index contributed by atoms with van der Waals surface area (Å²) >= 11 is 0. The van der Waals surface area contributed by atoms with Gasteiger partial charge in [-0.1, -0.05) is 0 Å². The Kier molecular flexibility index (Phi) is 7.54. The highest BCUT2D eigenvalue weighted by atomic mass is 16.5. The predicted molar refractivity (Wildman–Crippen MR) is 73.5 cm³/mol. The summed E-state index contributed by atoms with van der Waals surface area (Å²) in [5.74, 6) is -1.06. The normalized spacial score (nSPS) is 20.4. The Morgan fingerprint density at radius 1 is 1.45 bits per heavy atom. The molecule has 1 amide bonds. The number of aliphatic carboxylic acids is 1. The first kappa shape index (κ1) is 16.9. The van der Waals surface area contributed by atoms with Crippen molar-refractivity contribution in [1.29, 1.82) is 0 Å². The Hall–Kier alpha value is -1.14.